The summed E-state index contributed by atoms with van der Waals surface area (Å²) in [5.41, 5.74) is 2.96. The van der Waals surface area contributed by atoms with Crippen molar-refractivity contribution in [2.24, 2.45) is 0 Å². The first-order chi connectivity index (χ1) is 12.2. The lowest BCUT2D eigenvalue weighted by atomic mass is 10.3. The highest BCUT2D eigenvalue weighted by Gasteiger charge is 2.05. The van der Waals surface area contributed by atoms with Gasteiger partial charge in [0, 0.05) is 24.5 Å². The third kappa shape index (κ3) is 3.39. The van der Waals surface area contributed by atoms with Crippen LogP contribution >= 0.6 is 11.6 Å². The van der Waals surface area contributed by atoms with E-state index in [9.17, 15) is 4.79 Å². The van der Waals surface area contributed by atoms with E-state index in [1.165, 1.54) is 6.08 Å². The van der Waals surface area contributed by atoms with E-state index in [0.29, 0.717) is 23.0 Å². The molecule has 4 aromatic rings. The summed E-state index contributed by atoms with van der Waals surface area (Å²) in [6.07, 6.45) is 6.52. The number of nitrogens with one attached hydrogen (secondary N) is 1. The van der Waals surface area contributed by atoms with Crippen molar-refractivity contribution in [3.8, 4) is 0 Å². The van der Waals surface area contributed by atoms with Crippen LogP contribution < -0.4 is 5.32 Å². The quantitative estimate of drug-likeness (QED) is 0.571. The number of rotatable bonds is 4. The Balaban J connectivity index is 1.40. The van der Waals surface area contributed by atoms with Crippen LogP contribution in [0.1, 0.15) is 11.6 Å². The highest BCUT2D eigenvalue weighted by molar-refractivity contribution is 6.30. The normalized spacial score (nSPS) is 11.6. The minimum Gasteiger partial charge on any atom is -0.437 e. The second-order valence-corrected chi connectivity index (χ2v) is 5.85. The van der Waals surface area contributed by atoms with Gasteiger partial charge in [0.2, 0.25) is 11.8 Å². The summed E-state index contributed by atoms with van der Waals surface area (Å²) >= 11 is 5.94. The summed E-state index contributed by atoms with van der Waals surface area (Å²) in [5.74, 6) is 0.135. The van der Waals surface area contributed by atoms with Crippen LogP contribution in [0.15, 0.2) is 59.3 Å². The molecule has 6 nitrogen and oxygen atoms in total. The average molecular weight is 353 g/mol. The number of halogens is 1. The molecule has 0 aliphatic rings. The summed E-state index contributed by atoms with van der Waals surface area (Å²) in [6, 6.07) is 11.0. The molecule has 0 bridgehead atoms. The van der Waals surface area contributed by atoms with Gasteiger partial charge in [0.1, 0.15) is 11.2 Å². The first-order valence-corrected chi connectivity index (χ1v) is 8.00. The van der Waals surface area contributed by atoms with Crippen LogP contribution in [0.5, 0.6) is 0 Å². The van der Waals surface area contributed by atoms with Crippen molar-refractivity contribution in [2.45, 2.75) is 6.54 Å². The van der Waals surface area contributed by atoms with Gasteiger partial charge in [0.05, 0.1) is 17.3 Å². The van der Waals surface area contributed by atoms with E-state index in [0.717, 1.165) is 16.9 Å². The van der Waals surface area contributed by atoms with Crippen LogP contribution in [-0.4, -0.2) is 20.3 Å². The standard InChI is InChI=1S/C18H13ClN4O2/c19-12-5-6-16-21-13(11-23(16)10-12)9-20-17(24)7-8-18-22-14-3-1-2-4-15(14)25-18/h1-8,10-11H,9H2,(H,20,24)/b8-7+. The SMILES string of the molecule is O=C(/C=C/c1nc2ccccc2o1)NCc1cn2cc(Cl)ccc2n1. The molecular weight excluding hydrogens is 340 g/mol. The Morgan fingerprint density at radius 2 is 2.08 bits per heavy atom. The number of para-hydroxylation sites is 2. The van der Waals surface area contributed by atoms with Gasteiger partial charge in [-0.05, 0) is 24.3 Å². The maximum absolute atomic E-state index is 12.0. The lowest BCUT2D eigenvalue weighted by Gasteiger charge is -1.97. The molecule has 4 rings (SSSR count). The van der Waals surface area contributed by atoms with Gasteiger partial charge in [0.25, 0.3) is 0 Å². The van der Waals surface area contributed by atoms with E-state index in [1.807, 2.05) is 40.9 Å². The van der Waals surface area contributed by atoms with Crippen molar-refractivity contribution in [1.82, 2.24) is 19.7 Å². The fraction of sp³-hybridized carbons (Fsp3) is 0.0556. The molecule has 0 fully saturated rings. The molecule has 0 saturated heterocycles. The number of carbonyl (C=O) groups excluding carboxylic acids is 1. The summed E-state index contributed by atoms with van der Waals surface area (Å²) in [4.78, 5) is 20.6. The minimum atomic E-state index is -0.252. The fourth-order valence-corrected chi connectivity index (χ4v) is 2.62. The summed E-state index contributed by atoms with van der Waals surface area (Å²) < 4.78 is 7.34. The molecule has 3 heterocycles. The molecule has 0 radical (unpaired) electrons. The zero-order chi connectivity index (χ0) is 17.2. The number of hydrogen-bond acceptors (Lipinski definition) is 4. The Bertz CT molecular complexity index is 1060. The van der Waals surface area contributed by atoms with Crippen molar-refractivity contribution in [3.05, 3.63) is 71.5 Å². The maximum atomic E-state index is 12.0. The number of fused-ring (bicyclic) bond motifs is 2. The molecule has 0 aliphatic heterocycles. The Hall–Kier alpha value is -3.12. The van der Waals surface area contributed by atoms with E-state index in [2.05, 4.69) is 15.3 Å². The van der Waals surface area contributed by atoms with Crippen molar-refractivity contribution in [1.29, 1.82) is 0 Å². The third-order valence-corrected chi connectivity index (χ3v) is 3.82. The number of nitrogens with zero attached hydrogens (tertiary/aromatic N) is 3. The number of aromatic nitrogens is 3. The summed E-state index contributed by atoms with van der Waals surface area (Å²) in [5, 5.41) is 3.40. The van der Waals surface area contributed by atoms with Gasteiger partial charge >= 0.3 is 0 Å². The van der Waals surface area contributed by atoms with Crippen molar-refractivity contribution >= 4 is 40.3 Å². The molecule has 1 amide bonds. The minimum absolute atomic E-state index is 0.252. The average Bonchev–Trinajstić information content (AvgIpc) is 3.20. The second-order valence-electron chi connectivity index (χ2n) is 5.42. The first-order valence-electron chi connectivity index (χ1n) is 7.62. The highest BCUT2D eigenvalue weighted by atomic mass is 35.5. The number of hydrogen-bond donors (Lipinski definition) is 1. The Labute approximate surface area is 147 Å². The number of imidazole rings is 1. The molecule has 0 unspecified atom stereocenters. The molecule has 0 atom stereocenters. The number of pyridine rings is 1. The highest BCUT2D eigenvalue weighted by Crippen LogP contribution is 2.15. The number of amides is 1. The predicted octanol–water partition coefficient (Wildman–Crippen LogP) is 3.46. The first kappa shape index (κ1) is 15.4. The zero-order valence-corrected chi connectivity index (χ0v) is 13.8. The molecular formula is C18H13ClN4O2. The van der Waals surface area contributed by atoms with E-state index < -0.39 is 0 Å². The molecule has 0 aliphatic carbocycles. The van der Waals surface area contributed by atoms with E-state index in [-0.39, 0.29) is 5.91 Å². The lowest BCUT2D eigenvalue weighted by molar-refractivity contribution is -0.116. The summed E-state index contributed by atoms with van der Waals surface area (Å²) in [7, 11) is 0. The van der Waals surface area contributed by atoms with E-state index >= 15 is 0 Å². The van der Waals surface area contributed by atoms with Crippen molar-refractivity contribution in [2.75, 3.05) is 0 Å². The fourth-order valence-electron chi connectivity index (χ4n) is 2.45. The topological polar surface area (TPSA) is 72.4 Å². The van der Waals surface area contributed by atoms with Gasteiger partial charge in [-0.1, -0.05) is 23.7 Å². The van der Waals surface area contributed by atoms with Crippen molar-refractivity contribution < 1.29 is 9.21 Å². The van der Waals surface area contributed by atoms with Crippen LogP contribution in [0.2, 0.25) is 5.02 Å². The van der Waals surface area contributed by atoms with Crippen LogP contribution in [-0.2, 0) is 11.3 Å². The Kier molecular flexibility index (Phi) is 3.95. The molecule has 7 heteroatoms. The van der Waals surface area contributed by atoms with E-state index in [1.54, 1.807) is 18.3 Å². The molecule has 1 N–H and O–H groups in total. The predicted molar refractivity (Wildman–Crippen MR) is 95.1 cm³/mol. The molecule has 25 heavy (non-hydrogen) atoms. The number of oxazole rings is 1. The molecule has 1 aromatic carbocycles. The molecule has 0 spiro atoms. The maximum Gasteiger partial charge on any atom is 0.244 e. The largest absolute Gasteiger partial charge is 0.437 e. The summed E-state index contributed by atoms with van der Waals surface area (Å²) in [6.45, 7) is 0.316. The zero-order valence-electron chi connectivity index (χ0n) is 13.0. The monoisotopic (exact) mass is 352 g/mol. The van der Waals surface area contributed by atoms with Gasteiger partial charge in [-0.2, -0.15) is 0 Å². The van der Waals surface area contributed by atoms with Gasteiger partial charge in [-0.3, -0.25) is 4.79 Å². The van der Waals surface area contributed by atoms with Gasteiger partial charge < -0.3 is 14.1 Å². The van der Waals surface area contributed by atoms with Crippen LogP contribution in [0, 0.1) is 0 Å². The van der Waals surface area contributed by atoms with Gasteiger partial charge in [-0.25, -0.2) is 9.97 Å². The number of benzene rings is 1. The Morgan fingerprint density at radius 1 is 1.20 bits per heavy atom. The van der Waals surface area contributed by atoms with Crippen molar-refractivity contribution in [3.63, 3.8) is 0 Å². The van der Waals surface area contributed by atoms with Crippen LogP contribution in [0.4, 0.5) is 0 Å². The molecule has 0 saturated carbocycles. The lowest BCUT2D eigenvalue weighted by Crippen LogP contribution is -2.20. The van der Waals surface area contributed by atoms with Crippen LogP contribution in [0.25, 0.3) is 22.8 Å². The van der Waals surface area contributed by atoms with Gasteiger partial charge in [0.15, 0.2) is 5.58 Å². The van der Waals surface area contributed by atoms with E-state index in [4.69, 9.17) is 16.0 Å². The number of carbonyl (C=O) groups is 1. The molecule has 124 valence electrons. The van der Waals surface area contributed by atoms with Crippen LogP contribution in [0.3, 0.4) is 0 Å². The molecule has 3 aromatic heterocycles. The second kappa shape index (κ2) is 6.41. The Morgan fingerprint density at radius 3 is 2.96 bits per heavy atom. The van der Waals surface area contributed by atoms with Gasteiger partial charge in [-0.15, -0.1) is 0 Å². The smallest absolute Gasteiger partial charge is 0.244 e. The third-order valence-electron chi connectivity index (χ3n) is 3.60.